The van der Waals surface area contributed by atoms with E-state index >= 15 is 0 Å². The molecule has 0 fully saturated rings. The molecule has 0 saturated carbocycles. The summed E-state index contributed by atoms with van der Waals surface area (Å²) in [5, 5.41) is 3.33. The van der Waals surface area contributed by atoms with Gasteiger partial charge in [-0.15, -0.1) is 0 Å². The third kappa shape index (κ3) is 3.34. The number of aryl methyl sites for hydroxylation is 1. The SMILES string of the molecule is CCc1ccccc1NCCC(N)=S. The number of hydrogen-bond acceptors (Lipinski definition) is 2. The standard InChI is InChI=1S/C11H16N2S/c1-2-9-5-3-4-6-10(9)13-8-7-11(12)14/h3-6,13H,2,7-8H2,1H3,(H2,12,14). The number of rotatable bonds is 5. The monoisotopic (exact) mass is 208 g/mol. The van der Waals surface area contributed by atoms with Crippen molar-refractivity contribution in [3.05, 3.63) is 29.8 Å². The van der Waals surface area contributed by atoms with E-state index in [0.717, 1.165) is 19.4 Å². The molecule has 1 rings (SSSR count). The second-order valence-corrected chi connectivity index (χ2v) is 3.68. The predicted molar refractivity (Wildman–Crippen MR) is 65.7 cm³/mol. The van der Waals surface area contributed by atoms with Gasteiger partial charge in [0.05, 0.1) is 4.99 Å². The molecule has 0 unspecified atom stereocenters. The zero-order chi connectivity index (χ0) is 10.4. The van der Waals surface area contributed by atoms with Crippen LogP contribution < -0.4 is 11.1 Å². The van der Waals surface area contributed by atoms with Crippen molar-refractivity contribution >= 4 is 22.9 Å². The quantitative estimate of drug-likeness (QED) is 0.729. The van der Waals surface area contributed by atoms with Gasteiger partial charge in [-0.25, -0.2) is 0 Å². The summed E-state index contributed by atoms with van der Waals surface area (Å²) < 4.78 is 0. The summed E-state index contributed by atoms with van der Waals surface area (Å²) >= 11 is 4.81. The van der Waals surface area contributed by atoms with Crippen LogP contribution in [0, 0.1) is 0 Å². The van der Waals surface area contributed by atoms with E-state index in [9.17, 15) is 0 Å². The maximum atomic E-state index is 5.42. The number of nitrogens with one attached hydrogen (secondary N) is 1. The molecule has 14 heavy (non-hydrogen) atoms. The van der Waals surface area contributed by atoms with Crippen molar-refractivity contribution in [1.82, 2.24) is 0 Å². The molecule has 0 radical (unpaired) electrons. The van der Waals surface area contributed by atoms with Crippen LogP contribution in [0.1, 0.15) is 18.9 Å². The molecule has 2 nitrogen and oxygen atoms in total. The molecule has 0 aromatic heterocycles. The molecule has 0 atom stereocenters. The Morgan fingerprint density at radius 3 is 2.79 bits per heavy atom. The van der Waals surface area contributed by atoms with E-state index in [1.54, 1.807) is 0 Å². The fraction of sp³-hybridized carbons (Fsp3) is 0.364. The summed E-state index contributed by atoms with van der Waals surface area (Å²) in [6, 6.07) is 8.29. The molecule has 76 valence electrons. The van der Waals surface area contributed by atoms with Gasteiger partial charge in [0, 0.05) is 18.7 Å². The van der Waals surface area contributed by atoms with E-state index in [1.165, 1.54) is 11.3 Å². The number of hydrogen-bond donors (Lipinski definition) is 2. The Kier molecular flexibility index (Phi) is 4.40. The molecule has 0 spiro atoms. The van der Waals surface area contributed by atoms with E-state index in [1.807, 2.05) is 6.07 Å². The first-order valence-corrected chi connectivity index (χ1v) is 5.25. The number of anilines is 1. The Hall–Kier alpha value is -1.09. The number of nitrogens with two attached hydrogens (primary N) is 1. The van der Waals surface area contributed by atoms with Gasteiger partial charge in [0.2, 0.25) is 0 Å². The van der Waals surface area contributed by atoms with Crippen LogP contribution >= 0.6 is 12.2 Å². The van der Waals surface area contributed by atoms with Crippen molar-refractivity contribution in [3.63, 3.8) is 0 Å². The molecule has 0 aliphatic carbocycles. The summed E-state index contributed by atoms with van der Waals surface area (Å²) in [7, 11) is 0. The smallest absolute Gasteiger partial charge is 0.0745 e. The highest BCUT2D eigenvalue weighted by molar-refractivity contribution is 7.80. The number of para-hydroxylation sites is 1. The number of thiocarbonyl (C=S) groups is 1. The highest BCUT2D eigenvalue weighted by Crippen LogP contribution is 2.14. The molecule has 0 saturated heterocycles. The zero-order valence-corrected chi connectivity index (χ0v) is 9.23. The average molecular weight is 208 g/mol. The van der Waals surface area contributed by atoms with Crippen molar-refractivity contribution in [3.8, 4) is 0 Å². The first-order chi connectivity index (χ1) is 6.74. The van der Waals surface area contributed by atoms with Gasteiger partial charge in [-0.05, 0) is 18.1 Å². The molecule has 0 aliphatic heterocycles. The molecule has 3 heteroatoms. The molecule has 1 aromatic rings. The molecular weight excluding hydrogens is 192 g/mol. The van der Waals surface area contributed by atoms with Crippen molar-refractivity contribution in [2.75, 3.05) is 11.9 Å². The summed E-state index contributed by atoms with van der Waals surface area (Å²) in [4.78, 5) is 0.562. The highest BCUT2D eigenvalue weighted by Gasteiger charge is 1.98. The third-order valence-electron chi connectivity index (χ3n) is 2.09. The normalized spacial score (nSPS) is 9.79. The lowest BCUT2D eigenvalue weighted by Crippen LogP contribution is -2.14. The van der Waals surface area contributed by atoms with Crippen molar-refractivity contribution in [2.45, 2.75) is 19.8 Å². The van der Waals surface area contributed by atoms with Gasteiger partial charge in [0.1, 0.15) is 0 Å². The molecule has 1 aromatic carbocycles. The van der Waals surface area contributed by atoms with E-state index in [0.29, 0.717) is 4.99 Å². The zero-order valence-electron chi connectivity index (χ0n) is 8.42. The molecule has 0 heterocycles. The van der Waals surface area contributed by atoms with E-state index in [-0.39, 0.29) is 0 Å². The Morgan fingerprint density at radius 1 is 1.43 bits per heavy atom. The fourth-order valence-electron chi connectivity index (χ4n) is 1.32. The Bertz CT molecular complexity index is 310. The Morgan fingerprint density at radius 2 is 2.14 bits per heavy atom. The first kappa shape index (κ1) is 11.0. The van der Waals surface area contributed by atoms with Crippen LogP contribution in [0.2, 0.25) is 0 Å². The summed E-state index contributed by atoms with van der Waals surface area (Å²) in [5.41, 5.74) is 7.93. The average Bonchev–Trinajstić information content (AvgIpc) is 2.18. The first-order valence-electron chi connectivity index (χ1n) is 4.84. The van der Waals surface area contributed by atoms with Gasteiger partial charge in [-0.3, -0.25) is 0 Å². The largest absolute Gasteiger partial charge is 0.393 e. The van der Waals surface area contributed by atoms with Gasteiger partial charge in [-0.1, -0.05) is 37.3 Å². The van der Waals surface area contributed by atoms with E-state index < -0.39 is 0 Å². The summed E-state index contributed by atoms with van der Waals surface area (Å²) in [6.45, 7) is 2.96. The van der Waals surface area contributed by atoms with Gasteiger partial charge in [0.15, 0.2) is 0 Å². The lowest BCUT2D eigenvalue weighted by Gasteiger charge is -2.09. The van der Waals surface area contributed by atoms with Gasteiger partial charge in [0.25, 0.3) is 0 Å². The maximum Gasteiger partial charge on any atom is 0.0745 e. The minimum atomic E-state index is 0.562. The van der Waals surface area contributed by atoms with Crippen molar-refractivity contribution < 1.29 is 0 Å². The molecule has 0 bridgehead atoms. The van der Waals surface area contributed by atoms with Crippen LogP contribution in [0.3, 0.4) is 0 Å². The van der Waals surface area contributed by atoms with Crippen LogP contribution in [0.4, 0.5) is 5.69 Å². The molecule has 3 N–H and O–H groups in total. The van der Waals surface area contributed by atoms with Gasteiger partial charge >= 0.3 is 0 Å². The van der Waals surface area contributed by atoms with Crippen LogP contribution in [-0.4, -0.2) is 11.5 Å². The lowest BCUT2D eigenvalue weighted by molar-refractivity contribution is 1.08. The van der Waals surface area contributed by atoms with Crippen LogP contribution in [0.15, 0.2) is 24.3 Å². The van der Waals surface area contributed by atoms with Gasteiger partial charge < -0.3 is 11.1 Å². The minimum Gasteiger partial charge on any atom is -0.393 e. The van der Waals surface area contributed by atoms with Crippen molar-refractivity contribution in [1.29, 1.82) is 0 Å². The Balaban J connectivity index is 2.53. The predicted octanol–water partition coefficient (Wildman–Crippen LogP) is 2.34. The second-order valence-electron chi connectivity index (χ2n) is 3.15. The maximum absolute atomic E-state index is 5.42. The summed E-state index contributed by atoms with van der Waals surface area (Å²) in [6.07, 6.45) is 1.78. The minimum absolute atomic E-state index is 0.562. The van der Waals surface area contributed by atoms with Crippen LogP contribution in [-0.2, 0) is 6.42 Å². The fourth-order valence-corrected chi connectivity index (χ4v) is 1.42. The Labute approximate surface area is 90.5 Å². The lowest BCUT2D eigenvalue weighted by atomic mass is 10.1. The van der Waals surface area contributed by atoms with E-state index in [2.05, 4.69) is 30.4 Å². The third-order valence-corrected chi connectivity index (χ3v) is 2.29. The topological polar surface area (TPSA) is 38.0 Å². The molecular formula is C11H16N2S. The summed E-state index contributed by atoms with van der Waals surface area (Å²) in [5.74, 6) is 0. The molecule has 0 aliphatic rings. The second kappa shape index (κ2) is 5.60. The van der Waals surface area contributed by atoms with Gasteiger partial charge in [-0.2, -0.15) is 0 Å². The van der Waals surface area contributed by atoms with Crippen LogP contribution in [0.5, 0.6) is 0 Å². The van der Waals surface area contributed by atoms with Crippen LogP contribution in [0.25, 0.3) is 0 Å². The molecule has 0 amide bonds. The highest BCUT2D eigenvalue weighted by atomic mass is 32.1. The van der Waals surface area contributed by atoms with Crippen molar-refractivity contribution in [2.24, 2.45) is 5.73 Å². The van der Waals surface area contributed by atoms with E-state index in [4.69, 9.17) is 18.0 Å². The number of benzene rings is 1.